The highest BCUT2D eigenvalue weighted by Crippen LogP contribution is 2.20. The quantitative estimate of drug-likeness (QED) is 0.775. The molecule has 3 heteroatoms. The van der Waals surface area contributed by atoms with Crippen molar-refractivity contribution in [3.63, 3.8) is 0 Å². The molecule has 1 aromatic rings. The molecule has 1 aliphatic heterocycles. The van der Waals surface area contributed by atoms with E-state index in [0.717, 1.165) is 26.2 Å². The summed E-state index contributed by atoms with van der Waals surface area (Å²) < 4.78 is 5.09. The molecule has 0 amide bonds. The molecule has 0 saturated carbocycles. The molecule has 0 radical (unpaired) electrons. The summed E-state index contributed by atoms with van der Waals surface area (Å²) in [7, 11) is 1.76. The first-order chi connectivity index (χ1) is 9.81. The molecule has 0 bridgehead atoms. The van der Waals surface area contributed by atoms with Crippen molar-refractivity contribution in [2.24, 2.45) is 0 Å². The molecule has 0 spiro atoms. The first kappa shape index (κ1) is 15.5. The third-order valence-electron chi connectivity index (χ3n) is 4.25. The summed E-state index contributed by atoms with van der Waals surface area (Å²) in [6, 6.07) is 9.42. The zero-order valence-corrected chi connectivity index (χ0v) is 12.9. The van der Waals surface area contributed by atoms with E-state index in [1.54, 1.807) is 7.11 Å². The van der Waals surface area contributed by atoms with Crippen molar-refractivity contribution in [2.75, 3.05) is 33.4 Å². The molecule has 1 fully saturated rings. The molecule has 1 aromatic carbocycles. The van der Waals surface area contributed by atoms with Crippen LogP contribution < -0.4 is 5.32 Å². The maximum Gasteiger partial charge on any atom is 0.0587 e. The van der Waals surface area contributed by atoms with Crippen molar-refractivity contribution < 1.29 is 4.74 Å². The summed E-state index contributed by atoms with van der Waals surface area (Å²) in [5, 5.41) is 3.52. The molecule has 112 valence electrons. The van der Waals surface area contributed by atoms with Crippen LogP contribution in [0.3, 0.4) is 0 Å². The third-order valence-corrected chi connectivity index (χ3v) is 4.25. The number of nitrogens with zero attached hydrogens (tertiary/aromatic N) is 1. The number of likely N-dealkylation sites (tertiary alicyclic amines) is 1. The van der Waals surface area contributed by atoms with Crippen LogP contribution in [0.15, 0.2) is 24.3 Å². The van der Waals surface area contributed by atoms with Gasteiger partial charge in [0.05, 0.1) is 6.61 Å². The SMILES string of the molecule is COCCNCC1CCCCN1Cc1ccccc1C. The van der Waals surface area contributed by atoms with Gasteiger partial charge in [-0.1, -0.05) is 30.7 Å². The second kappa shape index (κ2) is 8.40. The van der Waals surface area contributed by atoms with E-state index in [9.17, 15) is 0 Å². The second-order valence-corrected chi connectivity index (χ2v) is 5.74. The summed E-state index contributed by atoms with van der Waals surface area (Å²) in [4.78, 5) is 2.64. The van der Waals surface area contributed by atoms with Gasteiger partial charge in [0.25, 0.3) is 0 Å². The predicted octanol–water partition coefficient (Wildman–Crippen LogP) is 2.59. The van der Waals surface area contributed by atoms with Gasteiger partial charge >= 0.3 is 0 Å². The summed E-state index contributed by atoms with van der Waals surface area (Å²) >= 11 is 0. The van der Waals surface area contributed by atoms with Gasteiger partial charge in [0.1, 0.15) is 0 Å². The predicted molar refractivity (Wildman–Crippen MR) is 84.0 cm³/mol. The van der Waals surface area contributed by atoms with Crippen molar-refractivity contribution >= 4 is 0 Å². The van der Waals surface area contributed by atoms with Crippen LogP contribution in [0, 0.1) is 6.92 Å². The molecule has 1 aliphatic rings. The van der Waals surface area contributed by atoms with Gasteiger partial charge in [-0.3, -0.25) is 4.90 Å². The molecule has 1 N–H and O–H groups in total. The van der Waals surface area contributed by atoms with Gasteiger partial charge in [0.15, 0.2) is 0 Å². The lowest BCUT2D eigenvalue weighted by molar-refractivity contribution is 0.133. The molecule has 1 saturated heterocycles. The number of ether oxygens (including phenoxy) is 1. The van der Waals surface area contributed by atoms with Gasteiger partial charge in [0, 0.05) is 32.8 Å². The number of rotatable bonds is 7. The van der Waals surface area contributed by atoms with Crippen LogP contribution >= 0.6 is 0 Å². The van der Waals surface area contributed by atoms with E-state index in [1.165, 1.54) is 36.9 Å². The van der Waals surface area contributed by atoms with Gasteiger partial charge in [-0.15, -0.1) is 0 Å². The van der Waals surface area contributed by atoms with Crippen molar-refractivity contribution in [1.29, 1.82) is 0 Å². The monoisotopic (exact) mass is 276 g/mol. The average Bonchev–Trinajstić information content (AvgIpc) is 2.47. The first-order valence-electron chi connectivity index (χ1n) is 7.79. The van der Waals surface area contributed by atoms with Crippen LogP contribution in [0.25, 0.3) is 0 Å². The van der Waals surface area contributed by atoms with E-state index < -0.39 is 0 Å². The van der Waals surface area contributed by atoms with E-state index in [-0.39, 0.29) is 0 Å². The Morgan fingerprint density at radius 3 is 2.95 bits per heavy atom. The summed E-state index contributed by atoms with van der Waals surface area (Å²) in [5.74, 6) is 0. The lowest BCUT2D eigenvalue weighted by atomic mass is 10.00. The Hall–Kier alpha value is -0.900. The molecular weight excluding hydrogens is 248 g/mol. The highest BCUT2D eigenvalue weighted by atomic mass is 16.5. The Kier molecular flexibility index (Phi) is 6.51. The third kappa shape index (κ3) is 4.58. The minimum Gasteiger partial charge on any atom is -0.383 e. The van der Waals surface area contributed by atoms with E-state index in [1.807, 2.05) is 0 Å². The fraction of sp³-hybridized carbons (Fsp3) is 0.647. The van der Waals surface area contributed by atoms with Crippen LogP contribution in [0.4, 0.5) is 0 Å². The highest BCUT2D eigenvalue weighted by molar-refractivity contribution is 5.25. The van der Waals surface area contributed by atoms with Gasteiger partial charge < -0.3 is 10.1 Å². The summed E-state index contributed by atoms with van der Waals surface area (Å²) in [6.45, 7) is 7.35. The van der Waals surface area contributed by atoms with Crippen LogP contribution in [0.1, 0.15) is 30.4 Å². The topological polar surface area (TPSA) is 24.5 Å². The maximum absolute atomic E-state index is 5.09. The molecule has 3 nitrogen and oxygen atoms in total. The Bertz CT molecular complexity index is 394. The Morgan fingerprint density at radius 1 is 1.30 bits per heavy atom. The number of benzene rings is 1. The van der Waals surface area contributed by atoms with Crippen LogP contribution in [-0.4, -0.2) is 44.3 Å². The van der Waals surface area contributed by atoms with Crippen LogP contribution in [0.5, 0.6) is 0 Å². The maximum atomic E-state index is 5.09. The number of methoxy groups -OCH3 is 1. The smallest absolute Gasteiger partial charge is 0.0587 e. The fourth-order valence-corrected chi connectivity index (χ4v) is 2.95. The van der Waals surface area contributed by atoms with Gasteiger partial charge in [-0.2, -0.15) is 0 Å². The molecule has 0 aromatic heterocycles. The van der Waals surface area contributed by atoms with E-state index in [2.05, 4.69) is 41.4 Å². The van der Waals surface area contributed by atoms with Crippen molar-refractivity contribution in [3.8, 4) is 0 Å². The lowest BCUT2D eigenvalue weighted by Crippen LogP contribution is -2.45. The standard InChI is InChI=1S/C17H28N2O/c1-15-7-3-4-8-16(15)14-19-11-6-5-9-17(19)13-18-10-12-20-2/h3-4,7-8,17-18H,5-6,9-14H2,1-2H3. The lowest BCUT2D eigenvalue weighted by Gasteiger charge is -2.36. The number of hydrogen-bond acceptors (Lipinski definition) is 3. The highest BCUT2D eigenvalue weighted by Gasteiger charge is 2.22. The van der Waals surface area contributed by atoms with Crippen molar-refractivity contribution in [2.45, 2.75) is 38.8 Å². The average molecular weight is 276 g/mol. The van der Waals surface area contributed by atoms with Gasteiger partial charge in [0.2, 0.25) is 0 Å². The molecular formula is C17H28N2O. The fourth-order valence-electron chi connectivity index (χ4n) is 2.95. The zero-order chi connectivity index (χ0) is 14.2. The molecule has 0 aliphatic carbocycles. The van der Waals surface area contributed by atoms with Gasteiger partial charge in [-0.05, 0) is 37.4 Å². The molecule has 1 atom stereocenters. The summed E-state index contributed by atoms with van der Waals surface area (Å²) in [6.07, 6.45) is 4.01. The normalized spacial score (nSPS) is 20.2. The van der Waals surface area contributed by atoms with Crippen LogP contribution in [0.2, 0.25) is 0 Å². The van der Waals surface area contributed by atoms with Crippen molar-refractivity contribution in [3.05, 3.63) is 35.4 Å². The Labute approximate surface area is 123 Å². The number of nitrogens with one attached hydrogen (secondary N) is 1. The molecule has 1 heterocycles. The summed E-state index contributed by atoms with van der Waals surface area (Å²) in [5.41, 5.74) is 2.88. The van der Waals surface area contributed by atoms with Crippen molar-refractivity contribution in [1.82, 2.24) is 10.2 Å². The number of hydrogen-bond donors (Lipinski definition) is 1. The molecule has 20 heavy (non-hydrogen) atoms. The van der Waals surface area contributed by atoms with Gasteiger partial charge in [-0.25, -0.2) is 0 Å². The van der Waals surface area contributed by atoms with E-state index in [4.69, 9.17) is 4.74 Å². The minimum atomic E-state index is 0.667. The largest absolute Gasteiger partial charge is 0.383 e. The van der Waals surface area contributed by atoms with Crippen LogP contribution in [-0.2, 0) is 11.3 Å². The number of piperidine rings is 1. The Morgan fingerprint density at radius 2 is 2.15 bits per heavy atom. The minimum absolute atomic E-state index is 0.667. The van der Waals surface area contributed by atoms with E-state index >= 15 is 0 Å². The Balaban J connectivity index is 1.88. The van der Waals surface area contributed by atoms with E-state index in [0.29, 0.717) is 6.04 Å². The molecule has 1 unspecified atom stereocenters. The zero-order valence-electron chi connectivity index (χ0n) is 12.9. The molecule has 2 rings (SSSR count). The second-order valence-electron chi connectivity index (χ2n) is 5.74. The number of aryl methyl sites for hydroxylation is 1. The first-order valence-corrected chi connectivity index (χ1v) is 7.79.